The molecule has 1 aromatic carbocycles. The van der Waals surface area contributed by atoms with Crippen LogP contribution >= 0.6 is 0 Å². The van der Waals surface area contributed by atoms with Crippen molar-refractivity contribution in [3.05, 3.63) is 29.6 Å². The lowest BCUT2D eigenvalue weighted by Crippen LogP contribution is -2.39. The summed E-state index contributed by atoms with van der Waals surface area (Å²) in [6.45, 7) is 4.62. The smallest absolute Gasteiger partial charge is 0.316 e. The Kier molecular flexibility index (Phi) is 4.42. The SMILES string of the molecule is CC(C)(C)C(C(=O)O)C(=O)Nc1cc(F)c(F)c(F)c1. The van der Waals surface area contributed by atoms with E-state index in [1.165, 1.54) is 20.8 Å². The maximum absolute atomic E-state index is 13.0. The first-order chi connectivity index (χ1) is 9.04. The van der Waals surface area contributed by atoms with Gasteiger partial charge in [-0.15, -0.1) is 0 Å². The molecule has 1 rings (SSSR count). The van der Waals surface area contributed by atoms with Crippen molar-refractivity contribution in [2.75, 3.05) is 5.32 Å². The molecule has 4 nitrogen and oxygen atoms in total. The molecule has 0 radical (unpaired) electrons. The maximum Gasteiger partial charge on any atom is 0.316 e. The van der Waals surface area contributed by atoms with Crippen LogP contribution in [0.4, 0.5) is 18.9 Å². The van der Waals surface area contributed by atoms with Crippen LogP contribution in [0, 0.1) is 28.8 Å². The van der Waals surface area contributed by atoms with Gasteiger partial charge < -0.3 is 10.4 Å². The molecule has 0 bridgehead atoms. The first-order valence-corrected chi connectivity index (χ1v) is 5.72. The molecule has 0 aliphatic carbocycles. The molecule has 7 heteroatoms. The van der Waals surface area contributed by atoms with Gasteiger partial charge in [-0.05, 0) is 5.41 Å². The third-order valence-electron chi connectivity index (χ3n) is 2.63. The topological polar surface area (TPSA) is 66.4 Å². The molecule has 0 spiro atoms. The fourth-order valence-corrected chi connectivity index (χ4v) is 1.72. The molecule has 20 heavy (non-hydrogen) atoms. The minimum Gasteiger partial charge on any atom is -0.481 e. The number of carbonyl (C=O) groups is 2. The fraction of sp³-hybridized carbons (Fsp3) is 0.385. The van der Waals surface area contributed by atoms with E-state index in [0.29, 0.717) is 12.1 Å². The van der Waals surface area contributed by atoms with Gasteiger partial charge in [0.2, 0.25) is 5.91 Å². The second kappa shape index (κ2) is 5.52. The summed E-state index contributed by atoms with van der Waals surface area (Å²) in [5.41, 5.74) is -1.24. The Morgan fingerprint density at radius 1 is 1.15 bits per heavy atom. The number of benzene rings is 1. The Balaban J connectivity index is 3.03. The predicted octanol–water partition coefficient (Wildman–Crippen LogP) is 2.79. The minimum atomic E-state index is -1.66. The van der Waals surface area contributed by atoms with Crippen LogP contribution in [-0.2, 0) is 9.59 Å². The molecule has 1 unspecified atom stereocenters. The molecule has 0 fully saturated rings. The van der Waals surface area contributed by atoms with E-state index in [4.69, 9.17) is 5.11 Å². The van der Waals surface area contributed by atoms with Crippen LogP contribution in [-0.4, -0.2) is 17.0 Å². The highest BCUT2D eigenvalue weighted by Crippen LogP contribution is 2.28. The van der Waals surface area contributed by atoms with Crippen LogP contribution in [0.5, 0.6) is 0 Å². The Labute approximate surface area is 113 Å². The molecule has 1 atom stereocenters. The summed E-state index contributed by atoms with van der Waals surface area (Å²) >= 11 is 0. The van der Waals surface area contributed by atoms with Crippen molar-refractivity contribution in [2.45, 2.75) is 20.8 Å². The van der Waals surface area contributed by atoms with E-state index in [0.717, 1.165) is 0 Å². The summed E-state index contributed by atoms with van der Waals surface area (Å²) in [7, 11) is 0. The molecule has 1 aromatic rings. The largest absolute Gasteiger partial charge is 0.481 e. The van der Waals surface area contributed by atoms with Gasteiger partial charge in [-0.3, -0.25) is 9.59 Å². The van der Waals surface area contributed by atoms with Crippen molar-refractivity contribution in [3.8, 4) is 0 Å². The second-order valence-electron chi connectivity index (χ2n) is 5.38. The van der Waals surface area contributed by atoms with Crippen LogP contribution in [0.15, 0.2) is 12.1 Å². The standard InChI is InChI=1S/C13H14F3NO3/c1-13(2,3)9(12(19)20)11(18)17-6-4-7(14)10(16)8(15)5-6/h4-5,9H,1-3H3,(H,17,18)(H,19,20). The third-order valence-corrected chi connectivity index (χ3v) is 2.63. The van der Waals surface area contributed by atoms with Gasteiger partial charge in [0.25, 0.3) is 0 Å². The molecule has 0 saturated carbocycles. The summed E-state index contributed by atoms with van der Waals surface area (Å²) in [5, 5.41) is 11.1. The van der Waals surface area contributed by atoms with Crippen molar-refractivity contribution in [2.24, 2.45) is 11.3 Å². The third kappa shape index (κ3) is 3.49. The summed E-state index contributed by atoms with van der Waals surface area (Å²) < 4.78 is 38.8. The van der Waals surface area contributed by atoms with Crippen LogP contribution in [0.1, 0.15) is 20.8 Å². The Morgan fingerprint density at radius 2 is 1.60 bits per heavy atom. The minimum absolute atomic E-state index is 0.345. The first kappa shape index (κ1) is 16.0. The van der Waals surface area contributed by atoms with Gasteiger partial charge in [-0.1, -0.05) is 20.8 Å². The van der Waals surface area contributed by atoms with E-state index in [-0.39, 0.29) is 5.69 Å². The Hall–Kier alpha value is -2.05. The number of anilines is 1. The van der Waals surface area contributed by atoms with Gasteiger partial charge in [0.15, 0.2) is 17.5 Å². The molecule has 1 amide bonds. The Morgan fingerprint density at radius 3 is 1.95 bits per heavy atom. The molecule has 110 valence electrons. The average molecular weight is 289 g/mol. The van der Waals surface area contributed by atoms with E-state index in [1.807, 2.05) is 0 Å². The molecule has 0 heterocycles. The number of carbonyl (C=O) groups excluding carboxylic acids is 1. The van der Waals surface area contributed by atoms with Gasteiger partial charge in [-0.25, -0.2) is 13.2 Å². The summed E-state index contributed by atoms with van der Waals surface area (Å²) in [5.74, 6) is -8.31. The monoisotopic (exact) mass is 289 g/mol. The van der Waals surface area contributed by atoms with Crippen LogP contribution in [0.25, 0.3) is 0 Å². The van der Waals surface area contributed by atoms with E-state index < -0.39 is 40.7 Å². The van der Waals surface area contributed by atoms with Crippen molar-refractivity contribution in [1.82, 2.24) is 0 Å². The number of rotatable bonds is 3. The first-order valence-electron chi connectivity index (χ1n) is 5.72. The van der Waals surface area contributed by atoms with E-state index in [1.54, 1.807) is 0 Å². The summed E-state index contributed by atoms with van der Waals surface area (Å²) in [4.78, 5) is 23.0. The van der Waals surface area contributed by atoms with Gasteiger partial charge in [0.1, 0.15) is 5.92 Å². The highest BCUT2D eigenvalue weighted by atomic mass is 19.2. The molecule has 0 aromatic heterocycles. The van der Waals surface area contributed by atoms with Crippen LogP contribution < -0.4 is 5.32 Å². The highest BCUT2D eigenvalue weighted by Gasteiger charge is 2.37. The lowest BCUT2D eigenvalue weighted by molar-refractivity contribution is -0.149. The van der Waals surface area contributed by atoms with Crippen LogP contribution in [0.2, 0.25) is 0 Å². The average Bonchev–Trinajstić information content (AvgIpc) is 2.22. The highest BCUT2D eigenvalue weighted by molar-refractivity contribution is 6.04. The number of carboxylic acids is 1. The molecule has 0 saturated heterocycles. The molecular weight excluding hydrogens is 275 g/mol. The van der Waals surface area contributed by atoms with Crippen molar-refractivity contribution < 1.29 is 27.9 Å². The van der Waals surface area contributed by atoms with E-state index >= 15 is 0 Å². The van der Waals surface area contributed by atoms with Gasteiger partial charge >= 0.3 is 5.97 Å². The zero-order valence-electron chi connectivity index (χ0n) is 11.1. The maximum atomic E-state index is 13.0. The number of amides is 1. The molecular formula is C13H14F3NO3. The lowest BCUT2D eigenvalue weighted by atomic mass is 9.80. The van der Waals surface area contributed by atoms with Crippen molar-refractivity contribution >= 4 is 17.6 Å². The summed E-state index contributed by atoms with van der Waals surface area (Å²) in [6.07, 6.45) is 0. The number of hydrogen-bond donors (Lipinski definition) is 2. The number of nitrogens with one attached hydrogen (secondary N) is 1. The lowest BCUT2D eigenvalue weighted by Gasteiger charge is -2.25. The van der Waals surface area contributed by atoms with Gasteiger partial charge in [0, 0.05) is 17.8 Å². The molecule has 2 N–H and O–H groups in total. The molecule has 0 aliphatic rings. The fourth-order valence-electron chi connectivity index (χ4n) is 1.72. The molecule has 0 aliphatic heterocycles. The number of halogens is 3. The second-order valence-corrected chi connectivity index (χ2v) is 5.38. The van der Waals surface area contributed by atoms with Crippen molar-refractivity contribution in [1.29, 1.82) is 0 Å². The van der Waals surface area contributed by atoms with E-state index in [2.05, 4.69) is 5.32 Å². The number of aliphatic carboxylic acids is 1. The normalized spacial score (nSPS) is 12.9. The summed E-state index contributed by atoms with van der Waals surface area (Å²) in [6, 6.07) is 1.16. The zero-order valence-corrected chi connectivity index (χ0v) is 11.1. The van der Waals surface area contributed by atoms with Gasteiger partial charge in [-0.2, -0.15) is 0 Å². The van der Waals surface area contributed by atoms with Gasteiger partial charge in [0.05, 0.1) is 0 Å². The van der Waals surface area contributed by atoms with Crippen LogP contribution in [0.3, 0.4) is 0 Å². The quantitative estimate of drug-likeness (QED) is 0.664. The van der Waals surface area contributed by atoms with E-state index in [9.17, 15) is 22.8 Å². The predicted molar refractivity (Wildman–Crippen MR) is 65.5 cm³/mol. The zero-order chi connectivity index (χ0) is 15.7. The Bertz CT molecular complexity index is 529. The van der Waals surface area contributed by atoms with Crippen molar-refractivity contribution in [3.63, 3.8) is 0 Å². The number of hydrogen-bond acceptors (Lipinski definition) is 2. The number of carboxylic acid groups (broad SMARTS) is 1.